The van der Waals surface area contributed by atoms with Gasteiger partial charge in [-0.05, 0) is 29.2 Å². The average molecular weight is 318 g/mol. The van der Waals surface area contributed by atoms with Crippen LogP contribution in [0.2, 0.25) is 0 Å². The first kappa shape index (κ1) is 19.7. The van der Waals surface area contributed by atoms with Crippen molar-refractivity contribution in [2.45, 2.75) is 73.8 Å². The normalized spacial score (nSPS) is 13.7. The van der Waals surface area contributed by atoms with Crippen LogP contribution >= 0.6 is 0 Å². The van der Waals surface area contributed by atoms with Crippen LogP contribution in [-0.2, 0) is 11.3 Å². The van der Waals surface area contributed by atoms with Crippen LogP contribution in [0.15, 0.2) is 30.3 Å². The standard InChI is InChI=1S/C21H35NO/c1-20(2,3)15-11-10-14-18(21(4,5)6)19(23)22-16-17-12-8-7-9-13-17/h7-9,12-13,18H,10-11,14-16H2,1-6H3,(H,22,23). The molecule has 0 aliphatic carbocycles. The Morgan fingerprint density at radius 2 is 1.61 bits per heavy atom. The maximum atomic E-state index is 12.6. The van der Waals surface area contributed by atoms with Gasteiger partial charge in [-0.25, -0.2) is 0 Å². The Labute approximate surface area is 143 Å². The summed E-state index contributed by atoms with van der Waals surface area (Å²) < 4.78 is 0. The van der Waals surface area contributed by atoms with E-state index >= 15 is 0 Å². The smallest absolute Gasteiger partial charge is 0.223 e. The highest BCUT2D eigenvalue weighted by Gasteiger charge is 2.30. The minimum absolute atomic E-state index is 0.00248. The van der Waals surface area contributed by atoms with Gasteiger partial charge < -0.3 is 5.32 Å². The van der Waals surface area contributed by atoms with Gasteiger partial charge in [0, 0.05) is 12.5 Å². The van der Waals surface area contributed by atoms with Crippen LogP contribution in [0.1, 0.15) is 72.8 Å². The lowest BCUT2D eigenvalue weighted by atomic mass is 9.76. The molecule has 1 rings (SSSR count). The van der Waals surface area contributed by atoms with E-state index in [-0.39, 0.29) is 17.2 Å². The van der Waals surface area contributed by atoms with Gasteiger partial charge in [0.05, 0.1) is 0 Å². The molecule has 2 nitrogen and oxygen atoms in total. The zero-order chi connectivity index (χ0) is 17.5. The third-order valence-electron chi connectivity index (χ3n) is 4.34. The molecule has 2 heteroatoms. The van der Waals surface area contributed by atoms with Crippen molar-refractivity contribution >= 4 is 5.91 Å². The fourth-order valence-electron chi connectivity index (χ4n) is 2.87. The fraction of sp³-hybridized carbons (Fsp3) is 0.667. The summed E-state index contributed by atoms with van der Waals surface area (Å²) in [5.74, 6) is 0.267. The molecule has 0 spiro atoms. The monoisotopic (exact) mass is 317 g/mol. The van der Waals surface area contributed by atoms with E-state index in [1.807, 2.05) is 18.2 Å². The van der Waals surface area contributed by atoms with Crippen molar-refractivity contribution in [2.24, 2.45) is 16.7 Å². The summed E-state index contributed by atoms with van der Waals surface area (Å²) in [6.07, 6.45) is 4.51. The summed E-state index contributed by atoms with van der Waals surface area (Å²) in [6, 6.07) is 10.1. The first-order valence-electron chi connectivity index (χ1n) is 8.91. The van der Waals surface area contributed by atoms with E-state index in [2.05, 4.69) is 59.0 Å². The molecule has 1 N–H and O–H groups in total. The van der Waals surface area contributed by atoms with E-state index in [4.69, 9.17) is 0 Å². The molecule has 0 fully saturated rings. The topological polar surface area (TPSA) is 29.1 Å². The van der Waals surface area contributed by atoms with Crippen molar-refractivity contribution < 1.29 is 4.79 Å². The zero-order valence-corrected chi connectivity index (χ0v) is 15.9. The zero-order valence-electron chi connectivity index (χ0n) is 15.9. The van der Waals surface area contributed by atoms with E-state index in [1.54, 1.807) is 0 Å². The van der Waals surface area contributed by atoms with Gasteiger partial charge in [0.1, 0.15) is 0 Å². The third-order valence-corrected chi connectivity index (χ3v) is 4.34. The van der Waals surface area contributed by atoms with Crippen LogP contribution in [0.4, 0.5) is 0 Å². The molecule has 1 aromatic rings. The second kappa shape index (κ2) is 8.52. The van der Waals surface area contributed by atoms with Gasteiger partial charge in [-0.3, -0.25) is 4.79 Å². The van der Waals surface area contributed by atoms with Gasteiger partial charge >= 0.3 is 0 Å². The maximum absolute atomic E-state index is 12.6. The van der Waals surface area contributed by atoms with E-state index in [1.165, 1.54) is 12.8 Å². The fourth-order valence-corrected chi connectivity index (χ4v) is 2.87. The maximum Gasteiger partial charge on any atom is 0.223 e. The van der Waals surface area contributed by atoms with E-state index in [0.29, 0.717) is 12.0 Å². The van der Waals surface area contributed by atoms with Crippen LogP contribution in [0, 0.1) is 16.7 Å². The van der Waals surface area contributed by atoms with E-state index < -0.39 is 0 Å². The highest BCUT2D eigenvalue weighted by molar-refractivity contribution is 5.79. The van der Waals surface area contributed by atoms with Crippen LogP contribution in [0.5, 0.6) is 0 Å². The van der Waals surface area contributed by atoms with Crippen LogP contribution < -0.4 is 5.32 Å². The van der Waals surface area contributed by atoms with Crippen molar-refractivity contribution in [3.8, 4) is 0 Å². The van der Waals surface area contributed by atoms with Crippen LogP contribution in [-0.4, -0.2) is 5.91 Å². The van der Waals surface area contributed by atoms with Gasteiger partial charge in [0.15, 0.2) is 0 Å². The molecule has 0 aromatic heterocycles. The molecule has 0 aliphatic heterocycles. The Morgan fingerprint density at radius 3 is 2.13 bits per heavy atom. The van der Waals surface area contributed by atoms with Gasteiger partial charge in [-0.15, -0.1) is 0 Å². The lowest BCUT2D eigenvalue weighted by Crippen LogP contribution is -2.37. The number of carbonyl (C=O) groups excluding carboxylic acids is 1. The van der Waals surface area contributed by atoms with Crippen molar-refractivity contribution in [3.63, 3.8) is 0 Å². The number of hydrogen-bond acceptors (Lipinski definition) is 1. The van der Waals surface area contributed by atoms with Crippen molar-refractivity contribution in [1.82, 2.24) is 5.32 Å². The van der Waals surface area contributed by atoms with Crippen molar-refractivity contribution in [3.05, 3.63) is 35.9 Å². The molecular weight excluding hydrogens is 282 g/mol. The number of hydrogen-bond donors (Lipinski definition) is 1. The molecule has 130 valence electrons. The SMILES string of the molecule is CC(C)(C)CCCCC(C(=O)NCc1ccccc1)C(C)(C)C. The first-order valence-corrected chi connectivity index (χ1v) is 8.91. The molecule has 23 heavy (non-hydrogen) atoms. The van der Waals surface area contributed by atoms with Gasteiger partial charge in [-0.1, -0.05) is 84.7 Å². The van der Waals surface area contributed by atoms with E-state index in [0.717, 1.165) is 18.4 Å². The molecule has 1 unspecified atom stereocenters. The molecule has 0 radical (unpaired) electrons. The van der Waals surface area contributed by atoms with E-state index in [9.17, 15) is 4.79 Å². The molecular formula is C21H35NO. The highest BCUT2D eigenvalue weighted by atomic mass is 16.1. The number of nitrogens with one attached hydrogen (secondary N) is 1. The quantitative estimate of drug-likeness (QED) is 0.654. The third kappa shape index (κ3) is 8.20. The van der Waals surface area contributed by atoms with Crippen molar-refractivity contribution in [1.29, 1.82) is 0 Å². The molecule has 0 aliphatic rings. The van der Waals surface area contributed by atoms with Crippen LogP contribution in [0.25, 0.3) is 0 Å². The second-order valence-electron chi connectivity index (χ2n) is 8.93. The lowest BCUT2D eigenvalue weighted by Gasteiger charge is -2.30. The first-order chi connectivity index (χ1) is 10.6. The summed E-state index contributed by atoms with van der Waals surface area (Å²) in [5, 5.41) is 3.12. The Hall–Kier alpha value is -1.31. The number of rotatable bonds is 7. The molecule has 0 saturated carbocycles. The minimum atomic E-state index is 0.00248. The number of amides is 1. The van der Waals surface area contributed by atoms with Crippen LogP contribution in [0.3, 0.4) is 0 Å². The predicted molar refractivity (Wildman–Crippen MR) is 99.2 cm³/mol. The lowest BCUT2D eigenvalue weighted by molar-refractivity contribution is -0.128. The molecule has 0 saturated heterocycles. The number of benzene rings is 1. The molecule has 1 atom stereocenters. The summed E-state index contributed by atoms with van der Waals surface area (Å²) in [5.41, 5.74) is 1.54. The number of carbonyl (C=O) groups is 1. The minimum Gasteiger partial charge on any atom is -0.352 e. The summed E-state index contributed by atoms with van der Waals surface area (Å²) in [4.78, 5) is 12.6. The molecule has 1 amide bonds. The molecule has 0 heterocycles. The predicted octanol–water partition coefficient (Wildman–Crippen LogP) is 5.57. The Bertz CT molecular complexity index is 465. The average Bonchev–Trinajstić information content (AvgIpc) is 2.43. The number of unbranched alkanes of at least 4 members (excludes halogenated alkanes) is 1. The Balaban J connectivity index is 2.51. The van der Waals surface area contributed by atoms with Crippen molar-refractivity contribution in [2.75, 3.05) is 0 Å². The van der Waals surface area contributed by atoms with Gasteiger partial charge in [0.2, 0.25) is 5.91 Å². The summed E-state index contributed by atoms with van der Waals surface area (Å²) in [7, 11) is 0. The summed E-state index contributed by atoms with van der Waals surface area (Å²) >= 11 is 0. The second-order valence-corrected chi connectivity index (χ2v) is 8.93. The largest absolute Gasteiger partial charge is 0.352 e. The Morgan fingerprint density at radius 1 is 1.00 bits per heavy atom. The Kier molecular flexibility index (Phi) is 7.31. The molecule has 1 aromatic carbocycles. The van der Waals surface area contributed by atoms with Gasteiger partial charge in [-0.2, -0.15) is 0 Å². The highest BCUT2D eigenvalue weighted by Crippen LogP contribution is 2.32. The molecule has 0 bridgehead atoms. The van der Waals surface area contributed by atoms with Gasteiger partial charge in [0.25, 0.3) is 0 Å². The summed E-state index contributed by atoms with van der Waals surface area (Å²) in [6.45, 7) is 14.0.